The van der Waals surface area contributed by atoms with Crippen molar-refractivity contribution in [2.75, 3.05) is 11.9 Å². The summed E-state index contributed by atoms with van der Waals surface area (Å²) in [7, 11) is 1.65. The third-order valence-corrected chi connectivity index (χ3v) is 3.13. The first kappa shape index (κ1) is 14.0. The zero-order valence-corrected chi connectivity index (χ0v) is 10.8. The number of hydrogen-bond donors (Lipinski definition) is 1. The van der Waals surface area contributed by atoms with Crippen LogP contribution in [0.2, 0.25) is 0 Å². The molecular formula is C12H16N2O4. The van der Waals surface area contributed by atoms with Crippen molar-refractivity contribution in [3.8, 4) is 0 Å². The van der Waals surface area contributed by atoms with Gasteiger partial charge >= 0.3 is 5.97 Å². The number of hydrogen-bond acceptors (Lipinski definition) is 4. The van der Waals surface area contributed by atoms with Crippen molar-refractivity contribution < 1.29 is 14.8 Å². The van der Waals surface area contributed by atoms with E-state index in [1.165, 1.54) is 6.07 Å². The molecule has 6 nitrogen and oxygen atoms in total. The van der Waals surface area contributed by atoms with Crippen molar-refractivity contribution in [3.63, 3.8) is 0 Å². The number of nitro benzene ring substituents is 1. The van der Waals surface area contributed by atoms with E-state index in [1.54, 1.807) is 44.9 Å². The lowest BCUT2D eigenvalue weighted by Crippen LogP contribution is -2.48. The third-order valence-electron chi connectivity index (χ3n) is 3.13. The number of benzene rings is 1. The second-order valence-corrected chi connectivity index (χ2v) is 4.65. The first-order valence-corrected chi connectivity index (χ1v) is 5.40. The summed E-state index contributed by atoms with van der Waals surface area (Å²) in [5.74, 6) is -0.957. The topological polar surface area (TPSA) is 83.7 Å². The Morgan fingerprint density at radius 1 is 1.44 bits per heavy atom. The fraction of sp³-hybridized carbons (Fsp3) is 0.417. The van der Waals surface area contributed by atoms with Crippen LogP contribution in [0.15, 0.2) is 18.2 Å². The largest absolute Gasteiger partial charge is 0.480 e. The number of nitro groups is 1. The Labute approximate surface area is 105 Å². The molecule has 0 heterocycles. The molecule has 0 aliphatic carbocycles. The van der Waals surface area contributed by atoms with Gasteiger partial charge in [-0.3, -0.25) is 10.1 Å². The molecule has 18 heavy (non-hydrogen) atoms. The van der Waals surface area contributed by atoms with Crippen LogP contribution in [0.1, 0.15) is 19.4 Å². The van der Waals surface area contributed by atoms with Crippen molar-refractivity contribution in [3.05, 3.63) is 33.9 Å². The van der Waals surface area contributed by atoms with E-state index >= 15 is 0 Å². The molecule has 0 aliphatic rings. The average Bonchev–Trinajstić information content (AvgIpc) is 2.26. The number of carboxylic acid groups (broad SMARTS) is 1. The number of carboxylic acids is 1. The lowest BCUT2D eigenvalue weighted by molar-refractivity contribution is -0.385. The molecule has 1 aromatic rings. The number of likely N-dealkylation sites (N-methyl/N-ethyl adjacent to an activating group) is 1. The highest BCUT2D eigenvalue weighted by molar-refractivity contribution is 5.82. The monoisotopic (exact) mass is 252 g/mol. The Morgan fingerprint density at radius 3 is 2.39 bits per heavy atom. The fourth-order valence-electron chi connectivity index (χ4n) is 1.52. The maximum absolute atomic E-state index is 11.1. The molecule has 1 N–H and O–H groups in total. The van der Waals surface area contributed by atoms with Gasteiger partial charge in [0.25, 0.3) is 5.69 Å². The molecule has 1 aromatic carbocycles. The fourth-order valence-corrected chi connectivity index (χ4v) is 1.52. The molecule has 0 radical (unpaired) electrons. The Bertz CT molecular complexity index is 497. The van der Waals surface area contributed by atoms with Crippen LogP contribution in [-0.4, -0.2) is 28.6 Å². The number of carbonyl (C=O) groups is 1. The number of aliphatic carboxylic acids is 1. The molecule has 0 amide bonds. The van der Waals surface area contributed by atoms with Gasteiger partial charge < -0.3 is 10.0 Å². The minimum Gasteiger partial charge on any atom is -0.480 e. The van der Waals surface area contributed by atoms with Crippen LogP contribution >= 0.6 is 0 Å². The van der Waals surface area contributed by atoms with Crippen molar-refractivity contribution in [1.29, 1.82) is 0 Å². The van der Waals surface area contributed by atoms with Gasteiger partial charge in [0, 0.05) is 24.4 Å². The van der Waals surface area contributed by atoms with E-state index in [-0.39, 0.29) is 5.69 Å². The highest BCUT2D eigenvalue weighted by Gasteiger charge is 2.32. The summed E-state index contributed by atoms with van der Waals surface area (Å²) in [4.78, 5) is 23.0. The van der Waals surface area contributed by atoms with Crippen LogP contribution in [0.3, 0.4) is 0 Å². The zero-order valence-electron chi connectivity index (χ0n) is 10.8. The van der Waals surface area contributed by atoms with Gasteiger partial charge in [-0.25, -0.2) is 4.79 Å². The molecule has 0 aromatic heterocycles. The summed E-state index contributed by atoms with van der Waals surface area (Å²) in [5.41, 5.74) is 0.0825. The molecular weight excluding hydrogens is 236 g/mol. The van der Waals surface area contributed by atoms with Gasteiger partial charge in [0.1, 0.15) is 5.54 Å². The van der Waals surface area contributed by atoms with Gasteiger partial charge in [-0.1, -0.05) is 0 Å². The first-order chi connectivity index (χ1) is 8.17. The van der Waals surface area contributed by atoms with Crippen LogP contribution < -0.4 is 4.90 Å². The Hall–Kier alpha value is -2.11. The lowest BCUT2D eigenvalue weighted by atomic mass is 10.0. The lowest BCUT2D eigenvalue weighted by Gasteiger charge is -2.33. The molecule has 0 spiro atoms. The van der Waals surface area contributed by atoms with Crippen LogP contribution in [0, 0.1) is 17.0 Å². The molecule has 0 saturated heterocycles. The highest BCUT2D eigenvalue weighted by atomic mass is 16.6. The van der Waals surface area contributed by atoms with Crippen LogP contribution in [0.5, 0.6) is 0 Å². The zero-order chi connectivity index (χ0) is 14.1. The molecule has 6 heteroatoms. The smallest absolute Gasteiger partial charge is 0.328 e. The number of nitrogens with zero attached hydrogens (tertiary/aromatic N) is 2. The second-order valence-electron chi connectivity index (χ2n) is 4.65. The second kappa shape index (κ2) is 4.64. The minimum atomic E-state index is -1.08. The molecule has 98 valence electrons. The molecule has 0 atom stereocenters. The van der Waals surface area contributed by atoms with E-state index < -0.39 is 16.4 Å². The van der Waals surface area contributed by atoms with Gasteiger partial charge in [-0.05, 0) is 32.9 Å². The molecule has 0 bridgehead atoms. The van der Waals surface area contributed by atoms with E-state index in [0.29, 0.717) is 11.3 Å². The summed E-state index contributed by atoms with van der Waals surface area (Å²) in [5, 5.41) is 19.8. The first-order valence-electron chi connectivity index (χ1n) is 5.40. The van der Waals surface area contributed by atoms with Gasteiger partial charge in [-0.2, -0.15) is 0 Å². The van der Waals surface area contributed by atoms with E-state index in [2.05, 4.69) is 0 Å². The molecule has 0 unspecified atom stereocenters. The van der Waals surface area contributed by atoms with E-state index in [4.69, 9.17) is 5.11 Å². The Kier molecular flexibility index (Phi) is 3.59. The quantitative estimate of drug-likeness (QED) is 0.656. The summed E-state index contributed by atoms with van der Waals surface area (Å²) in [6, 6.07) is 4.55. The maximum atomic E-state index is 11.1. The molecule has 1 rings (SSSR count). The van der Waals surface area contributed by atoms with Crippen molar-refractivity contribution in [2.24, 2.45) is 0 Å². The van der Waals surface area contributed by atoms with Crippen LogP contribution in [0.4, 0.5) is 11.4 Å². The summed E-state index contributed by atoms with van der Waals surface area (Å²) in [6.45, 7) is 4.78. The van der Waals surface area contributed by atoms with E-state index in [9.17, 15) is 14.9 Å². The number of rotatable bonds is 4. The summed E-state index contributed by atoms with van der Waals surface area (Å²) in [6.07, 6.45) is 0. The summed E-state index contributed by atoms with van der Waals surface area (Å²) >= 11 is 0. The van der Waals surface area contributed by atoms with E-state index in [0.717, 1.165) is 0 Å². The van der Waals surface area contributed by atoms with Gasteiger partial charge in [0.2, 0.25) is 0 Å². The van der Waals surface area contributed by atoms with Crippen LogP contribution in [0.25, 0.3) is 0 Å². The highest BCUT2D eigenvalue weighted by Crippen LogP contribution is 2.27. The van der Waals surface area contributed by atoms with Gasteiger partial charge in [0.15, 0.2) is 0 Å². The Balaban J connectivity index is 3.16. The van der Waals surface area contributed by atoms with Crippen molar-refractivity contribution in [2.45, 2.75) is 26.3 Å². The van der Waals surface area contributed by atoms with Crippen molar-refractivity contribution >= 4 is 17.3 Å². The predicted octanol–water partition coefficient (Wildman–Crippen LogP) is 2.20. The maximum Gasteiger partial charge on any atom is 0.328 e. The predicted molar refractivity (Wildman–Crippen MR) is 68.0 cm³/mol. The normalized spacial score (nSPS) is 11.1. The average molecular weight is 252 g/mol. The summed E-state index contributed by atoms with van der Waals surface area (Å²) < 4.78 is 0. The molecule has 0 fully saturated rings. The third kappa shape index (κ3) is 2.42. The number of aryl methyl sites for hydroxylation is 1. The van der Waals surface area contributed by atoms with Gasteiger partial charge in [0.05, 0.1) is 4.92 Å². The Morgan fingerprint density at radius 2 is 2.00 bits per heavy atom. The molecule has 0 saturated carbocycles. The molecule has 0 aliphatic heterocycles. The van der Waals surface area contributed by atoms with Gasteiger partial charge in [-0.15, -0.1) is 0 Å². The van der Waals surface area contributed by atoms with Crippen LogP contribution in [-0.2, 0) is 4.79 Å². The number of anilines is 1. The van der Waals surface area contributed by atoms with E-state index in [1.807, 2.05) is 0 Å². The van der Waals surface area contributed by atoms with Crippen molar-refractivity contribution in [1.82, 2.24) is 0 Å². The standard InChI is InChI=1S/C12H16N2O4/c1-8-7-9(5-6-10(8)14(17)18)13(4)12(2,3)11(15)16/h5-7H,1-4H3,(H,15,16). The SMILES string of the molecule is Cc1cc(N(C)C(C)(C)C(=O)O)ccc1[N+](=O)[O-]. The minimum absolute atomic E-state index is 0.0280.